The van der Waals surface area contributed by atoms with Gasteiger partial charge >= 0.3 is 11.9 Å². The molecule has 0 aromatic carbocycles. The van der Waals surface area contributed by atoms with E-state index in [1.165, 1.54) is 19.1 Å². The molecule has 1 rings (SSSR count). The molecule has 0 unspecified atom stereocenters. The molecule has 104 valence electrons. The third-order valence-electron chi connectivity index (χ3n) is 2.18. The summed E-state index contributed by atoms with van der Waals surface area (Å²) in [6.45, 7) is -0.197. The zero-order valence-corrected chi connectivity index (χ0v) is 13.5. The maximum absolute atomic E-state index is 11.4. The number of rotatable bonds is 5. The molecule has 0 saturated heterocycles. The molecule has 0 aliphatic heterocycles. The highest BCUT2D eigenvalue weighted by atomic mass is 79.9. The van der Waals surface area contributed by atoms with E-state index in [0.717, 1.165) is 4.47 Å². The maximum atomic E-state index is 11.4. The van der Waals surface area contributed by atoms with Gasteiger partial charge in [-0.15, -0.1) is 0 Å². The molecule has 0 fully saturated rings. The van der Waals surface area contributed by atoms with Crippen LogP contribution in [0.1, 0.15) is 0 Å². The van der Waals surface area contributed by atoms with Crippen molar-refractivity contribution in [3.8, 4) is 0 Å². The molecule has 0 radical (unpaired) electrons. The molecule has 0 amide bonds. The molecule has 0 bridgehead atoms. The minimum atomic E-state index is -0.472. The first-order valence-electron chi connectivity index (χ1n) is 5.17. The van der Waals surface area contributed by atoms with Crippen LogP contribution in [0, 0.1) is 0 Å². The van der Waals surface area contributed by atoms with Crippen molar-refractivity contribution in [2.75, 3.05) is 32.2 Å². The molecule has 0 spiro atoms. The van der Waals surface area contributed by atoms with Gasteiger partial charge in [0.1, 0.15) is 18.9 Å². The van der Waals surface area contributed by atoms with E-state index in [1.807, 2.05) is 0 Å². The second kappa shape index (κ2) is 7.44. The normalized spacial score (nSPS) is 9.89. The second-order valence-electron chi connectivity index (χ2n) is 3.47. The van der Waals surface area contributed by atoms with Crippen LogP contribution in [0.2, 0.25) is 0 Å². The highest BCUT2D eigenvalue weighted by Crippen LogP contribution is 2.26. The highest BCUT2D eigenvalue weighted by Gasteiger charge is 2.19. The first-order valence-corrected chi connectivity index (χ1v) is 6.76. The zero-order chi connectivity index (χ0) is 14.4. The summed E-state index contributed by atoms with van der Waals surface area (Å²) in [6, 6.07) is 1.77. The van der Waals surface area contributed by atoms with Gasteiger partial charge in [-0.05, 0) is 37.9 Å². The molecule has 1 aromatic rings. The summed E-state index contributed by atoms with van der Waals surface area (Å²) in [5.41, 5.74) is 0. The molecular formula is C11H12Br2N2O4. The molecule has 0 atom stereocenters. The van der Waals surface area contributed by atoms with Crippen LogP contribution in [0.15, 0.2) is 21.2 Å². The predicted octanol–water partition coefficient (Wildman–Crippen LogP) is 1.76. The van der Waals surface area contributed by atoms with E-state index in [2.05, 4.69) is 46.3 Å². The Bertz CT molecular complexity index is 464. The summed E-state index contributed by atoms with van der Waals surface area (Å²) >= 11 is 6.61. The van der Waals surface area contributed by atoms with Gasteiger partial charge in [0, 0.05) is 10.7 Å². The molecule has 0 N–H and O–H groups in total. The number of aromatic nitrogens is 1. The summed E-state index contributed by atoms with van der Waals surface area (Å²) in [5.74, 6) is -0.486. The van der Waals surface area contributed by atoms with Gasteiger partial charge in [-0.1, -0.05) is 0 Å². The van der Waals surface area contributed by atoms with E-state index in [9.17, 15) is 9.59 Å². The van der Waals surface area contributed by atoms with E-state index in [-0.39, 0.29) is 13.1 Å². The second-order valence-corrected chi connectivity index (χ2v) is 5.24. The molecule has 0 aliphatic rings. The van der Waals surface area contributed by atoms with Crippen molar-refractivity contribution in [2.24, 2.45) is 0 Å². The average Bonchev–Trinajstić information content (AvgIpc) is 2.37. The van der Waals surface area contributed by atoms with Crippen LogP contribution >= 0.6 is 31.9 Å². The standard InChI is InChI=1S/C11H12Br2N2O4/c1-18-9(16)5-15(6-10(17)19-2)11-8(13)3-7(12)4-14-11/h3-4H,5-6H2,1-2H3. The zero-order valence-electron chi connectivity index (χ0n) is 10.4. The Kier molecular flexibility index (Phi) is 6.23. The van der Waals surface area contributed by atoms with Crippen molar-refractivity contribution in [3.05, 3.63) is 21.2 Å². The van der Waals surface area contributed by atoms with Crippen molar-refractivity contribution in [2.45, 2.75) is 0 Å². The quantitative estimate of drug-likeness (QED) is 0.707. The van der Waals surface area contributed by atoms with Gasteiger partial charge in [-0.3, -0.25) is 9.59 Å². The van der Waals surface area contributed by atoms with E-state index in [0.29, 0.717) is 10.3 Å². The third-order valence-corrected chi connectivity index (χ3v) is 3.20. The number of pyridine rings is 1. The predicted molar refractivity (Wildman–Crippen MR) is 75.9 cm³/mol. The van der Waals surface area contributed by atoms with Crippen LogP contribution < -0.4 is 4.90 Å². The number of nitrogens with zero attached hydrogens (tertiary/aromatic N) is 2. The van der Waals surface area contributed by atoms with Gasteiger partial charge in [0.2, 0.25) is 0 Å². The number of hydrogen-bond donors (Lipinski definition) is 0. The lowest BCUT2D eigenvalue weighted by molar-refractivity contribution is -0.140. The van der Waals surface area contributed by atoms with Crippen molar-refractivity contribution in [3.63, 3.8) is 0 Å². The lowest BCUT2D eigenvalue weighted by Gasteiger charge is -2.22. The van der Waals surface area contributed by atoms with Crippen LogP contribution in [0.3, 0.4) is 0 Å². The number of anilines is 1. The van der Waals surface area contributed by atoms with Crippen molar-refractivity contribution >= 4 is 49.6 Å². The first-order chi connectivity index (χ1) is 8.97. The van der Waals surface area contributed by atoms with Gasteiger partial charge in [0.25, 0.3) is 0 Å². The highest BCUT2D eigenvalue weighted by molar-refractivity contribution is 9.11. The molecule has 0 saturated carbocycles. The van der Waals surface area contributed by atoms with Crippen LogP contribution in [0.4, 0.5) is 5.82 Å². The van der Waals surface area contributed by atoms with Gasteiger partial charge in [0.05, 0.1) is 18.7 Å². The summed E-state index contributed by atoms with van der Waals surface area (Å²) in [4.78, 5) is 28.4. The Hall–Kier alpha value is -1.15. The summed E-state index contributed by atoms with van der Waals surface area (Å²) < 4.78 is 10.6. The largest absolute Gasteiger partial charge is 0.468 e. The molecule has 0 aliphatic carbocycles. The molecule has 1 heterocycles. The lowest BCUT2D eigenvalue weighted by Crippen LogP contribution is -2.36. The molecule has 19 heavy (non-hydrogen) atoms. The van der Waals surface area contributed by atoms with Crippen LogP contribution in [-0.4, -0.2) is 44.2 Å². The lowest BCUT2D eigenvalue weighted by atomic mass is 10.4. The smallest absolute Gasteiger partial charge is 0.325 e. The number of carbonyl (C=O) groups is 2. The molecule has 6 nitrogen and oxygen atoms in total. The van der Waals surface area contributed by atoms with Crippen molar-refractivity contribution in [1.29, 1.82) is 0 Å². The molecule has 8 heteroatoms. The maximum Gasteiger partial charge on any atom is 0.325 e. The van der Waals surface area contributed by atoms with Gasteiger partial charge in [-0.2, -0.15) is 0 Å². The fourth-order valence-electron chi connectivity index (χ4n) is 1.29. The molecule has 1 aromatic heterocycles. The van der Waals surface area contributed by atoms with Crippen LogP contribution in [0.5, 0.6) is 0 Å². The number of hydrogen-bond acceptors (Lipinski definition) is 6. The Morgan fingerprint density at radius 2 is 1.74 bits per heavy atom. The minimum Gasteiger partial charge on any atom is -0.468 e. The fourth-order valence-corrected chi connectivity index (χ4v) is 2.52. The number of carbonyl (C=O) groups excluding carboxylic acids is 2. The van der Waals surface area contributed by atoms with Crippen LogP contribution in [0.25, 0.3) is 0 Å². The minimum absolute atomic E-state index is 0.0984. The summed E-state index contributed by atoms with van der Waals surface area (Å²) in [7, 11) is 2.56. The Balaban J connectivity index is 3.00. The number of esters is 2. The van der Waals surface area contributed by atoms with Gasteiger partial charge in [-0.25, -0.2) is 4.98 Å². The van der Waals surface area contributed by atoms with Crippen molar-refractivity contribution < 1.29 is 19.1 Å². The first kappa shape index (κ1) is 15.9. The van der Waals surface area contributed by atoms with E-state index in [1.54, 1.807) is 12.3 Å². The summed E-state index contributed by atoms with van der Waals surface area (Å²) in [5, 5.41) is 0. The number of halogens is 2. The SMILES string of the molecule is COC(=O)CN(CC(=O)OC)c1ncc(Br)cc1Br. The topological polar surface area (TPSA) is 68.7 Å². The fraction of sp³-hybridized carbons (Fsp3) is 0.364. The third kappa shape index (κ3) is 4.79. The Labute approximate surface area is 127 Å². The van der Waals surface area contributed by atoms with E-state index >= 15 is 0 Å². The van der Waals surface area contributed by atoms with E-state index < -0.39 is 11.9 Å². The summed E-state index contributed by atoms with van der Waals surface area (Å²) in [6.07, 6.45) is 1.57. The number of methoxy groups -OCH3 is 2. The van der Waals surface area contributed by atoms with Gasteiger partial charge in [0.15, 0.2) is 0 Å². The Morgan fingerprint density at radius 1 is 1.21 bits per heavy atom. The number of ether oxygens (including phenoxy) is 2. The van der Waals surface area contributed by atoms with Crippen LogP contribution in [-0.2, 0) is 19.1 Å². The van der Waals surface area contributed by atoms with Gasteiger partial charge < -0.3 is 14.4 Å². The van der Waals surface area contributed by atoms with E-state index in [4.69, 9.17) is 0 Å². The average molecular weight is 396 g/mol. The monoisotopic (exact) mass is 394 g/mol. The van der Waals surface area contributed by atoms with Crippen molar-refractivity contribution in [1.82, 2.24) is 4.98 Å². The Morgan fingerprint density at radius 3 is 2.16 bits per heavy atom. The molecular weight excluding hydrogens is 384 g/mol.